The Morgan fingerprint density at radius 1 is 0.966 bits per heavy atom. The summed E-state index contributed by atoms with van der Waals surface area (Å²) in [5.41, 5.74) is 11.9. The first-order valence-corrected chi connectivity index (χ1v) is 20.9. The maximum Gasteiger partial charge on any atom is 0.410 e. The number of nitrogens with one attached hydrogen (secondary N) is 1. The van der Waals surface area contributed by atoms with Crippen LogP contribution in [0.1, 0.15) is 102 Å². The number of allylic oxidation sites excluding steroid dienone is 3. The lowest BCUT2D eigenvalue weighted by Crippen LogP contribution is -2.55. The van der Waals surface area contributed by atoms with Gasteiger partial charge in [0.05, 0.1) is 25.8 Å². The lowest BCUT2D eigenvalue weighted by atomic mass is 9.83. The maximum atomic E-state index is 13.9. The highest BCUT2D eigenvalue weighted by molar-refractivity contribution is 6.06. The number of aryl methyl sites for hydroxylation is 1. The average Bonchev–Trinajstić information content (AvgIpc) is 4.00. The number of hydrogen-bond donors (Lipinski definition) is 1. The zero-order valence-electron chi connectivity index (χ0n) is 35.1. The van der Waals surface area contributed by atoms with Crippen LogP contribution in [0, 0.1) is 11.8 Å². The van der Waals surface area contributed by atoms with E-state index in [0.717, 1.165) is 77.2 Å². The van der Waals surface area contributed by atoms with Gasteiger partial charge in [-0.15, -0.1) is 0 Å². The number of carbonyl (C=O) groups excluding carboxylic acids is 3. The number of ether oxygens (including phenoxy) is 4. The molecule has 5 aliphatic heterocycles. The summed E-state index contributed by atoms with van der Waals surface area (Å²) in [4.78, 5) is 53.2. The number of amides is 3. The molecule has 2 fully saturated rings. The predicted molar refractivity (Wildman–Crippen MR) is 224 cm³/mol. The summed E-state index contributed by atoms with van der Waals surface area (Å²) < 4.78 is 22.7. The van der Waals surface area contributed by atoms with Crippen molar-refractivity contribution in [3.63, 3.8) is 0 Å². The number of hydrogen-bond acceptors (Lipinski definition) is 9. The van der Waals surface area contributed by atoms with Crippen molar-refractivity contribution in [1.29, 1.82) is 0 Å². The van der Waals surface area contributed by atoms with Crippen LogP contribution in [0.5, 0.6) is 5.75 Å². The van der Waals surface area contributed by atoms with E-state index >= 15 is 0 Å². The summed E-state index contributed by atoms with van der Waals surface area (Å²) in [6.07, 6.45) is 6.68. The third kappa shape index (κ3) is 7.55. The van der Waals surface area contributed by atoms with E-state index < -0.39 is 17.7 Å². The fourth-order valence-electron chi connectivity index (χ4n) is 9.73. The second-order valence-electron chi connectivity index (χ2n) is 18.1. The smallest absolute Gasteiger partial charge is 0.410 e. The van der Waals surface area contributed by atoms with Gasteiger partial charge in [-0.1, -0.05) is 26.0 Å². The van der Waals surface area contributed by atoms with Crippen molar-refractivity contribution in [3.8, 4) is 16.9 Å². The van der Waals surface area contributed by atoms with Crippen molar-refractivity contribution in [2.24, 2.45) is 21.8 Å². The summed E-state index contributed by atoms with van der Waals surface area (Å²) in [7, 11) is 3.02. The minimum atomic E-state index is -0.676. The molecule has 5 atom stereocenters. The lowest BCUT2D eigenvalue weighted by Gasteiger charge is -2.33. The normalized spacial score (nSPS) is 24.0. The van der Waals surface area contributed by atoms with E-state index in [1.807, 2.05) is 50.6 Å². The van der Waals surface area contributed by atoms with Gasteiger partial charge in [0.1, 0.15) is 24.0 Å². The summed E-state index contributed by atoms with van der Waals surface area (Å²) >= 11 is 0. The number of fused-ring (bicyclic) bond motifs is 5. The largest absolute Gasteiger partial charge is 0.488 e. The van der Waals surface area contributed by atoms with Crippen LogP contribution >= 0.6 is 0 Å². The van der Waals surface area contributed by atoms with Gasteiger partial charge < -0.3 is 29.2 Å². The molecule has 1 aliphatic carbocycles. The van der Waals surface area contributed by atoms with Gasteiger partial charge in [0, 0.05) is 67.3 Å². The predicted octanol–water partition coefficient (Wildman–Crippen LogP) is 7.97. The Hall–Kier alpha value is -4.97. The molecule has 5 heterocycles. The van der Waals surface area contributed by atoms with Crippen molar-refractivity contribution in [2.45, 2.75) is 123 Å². The second kappa shape index (κ2) is 15.7. The van der Waals surface area contributed by atoms with Gasteiger partial charge in [-0.2, -0.15) is 0 Å². The van der Waals surface area contributed by atoms with Crippen LogP contribution in [0.2, 0.25) is 0 Å². The van der Waals surface area contributed by atoms with Gasteiger partial charge in [-0.3, -0.25) is 19.7 Å². The Kier molecular flexibility index (Phi) is 10.8. The summed E-state index contributed by atoms with van der Waals surface area (Å²) in [5, 5.41) is 2.76. The molecule has 0 spiro atoms. The standard InChI is InChI=1S/C46H57N5O7/c1-25(2)42(49-44(53)56-8)43(52)51-26(3)9-14-39(51)37-18-30(21-47-37)28-10-12-32-31(16-28)24-57-41-20-33-29(17-35(32)41)11-13-36-34(33)19-38(48-36)40-15-27(23-55-7)22-50(40)45(54)58-46(4,5)6/h10,12,16-17,20-21,25-27,39-40,42H,9,11,13-15,18-19,22-24H2,1-8H3,(H,49,53)/t26-,27-,39-,40-,42-/m0/s1. The summed E-state index contributed by atoms with van der Waals surface area (Å²) in [6.45, 7) is 13.3. The molecule has 58 heavy (non-hydrogen) atoms. The molecule has 2 saturated heterocycles. The monoisotopic (exact) mass is 791 g/mol. The highest BCUT2D eigenvalue weighted by Crippen LogP contribution is 2.47. The summed E-state index contributed by atoms with van der Waals surface area (Å²) in [5.74, 6) is 0.918. The van der Waals surface area contributed by atoms with Crippen molar-refractivity contribution < 1.29 is 33.3 Å². The van der Waals surface area contributed by atoms with Gasteiger partial charge in [0.25, 0.3) is 0 Å². The molecule has 3 amide bonds. The third-order valence-electron chi connectivity index (χ3n) is 12.6. The molecule has 12 nitrogen and oxygen atoms in total. The van der Waals surface area contributed by atoms with Crippen LogP contribution in [0.3, 0.4) is 0 Å². The molecule has 0 aromatic heterocycles. The first kappa shape index (κ1) is 39.8. The molecular weight excluding hydrogens is 735 g/mol. The maximum absolute atomic E-state index is 13.9. The van der Waals surface area contributed by atoms with Gasteiger partial charge in [-0.05, 0) is 123 Å². The summed E-state index contributed by atoms with van der Waals surface area (Å²) in [6, 6.07) is 10.3. The van der Waals surface area contributed by atoms with E-state index in [4.69, 9.17) is 28.9 Å². The Labute approximate surface area is 341 Å². The number of likely N-dealkylation sites (tertiary alicyclic amines) is 2. The molecule has 2 aromatic rings. The van der Waals surface area contributed by atoms with E-state index in [0.29, 0.717) is 32.6 Å². The minimum Gasteiger partial charge on any atom is -0.488 e. The number of benzene rings is 2. The molecule has 2 aromatic carbocycles. The van der Waals surface area contributed by atoms with Gasteiger partial charge in [0.2, 0.25) is 5.91 Å². The minimum absolute atomic E-state index is 0.0402. The van der Waals surface area contributed by atoms with Gasteiger partial charge >= 0.3 is 12.2 Å². The van der Waals surface area contributed by atoms with Gasteiger partial charge in [-0.25, -0.2) is 9.59 Å². The quantitative estimate of drug-likeness (QED) is 0.287. The van der Waals surface area contributed by atoms with Crippen molar-refractivity contribution >= 4 is 40.7 Å². The van der Waals surface area contributed by atoms with E-state index in [-0.39, 0.29) is 42.0 Å². The second-order valence-corrected chi connectivity index (χ2v) is 18.1. The van der Waals surface area contributed by atoms with E-state index in [1.54, 1.807) is 7.11 Å². The zero-order valence-corrected chi connectivity index (χ0v) is 35.1. The Bertz CT molecular complexity index is 2140. The molecular formula is C46H57N5O7. The van der Waals surface area contributed by atoms with Crippen LogP contribution in [0.15, 0.2) is 52.2 Å². The number of nitrogens with zero attached hydrogens (tertiary/aromatic N) is 4. The first-order valence-electron chi connectivity index (χ1n) is 20.9. The SMILES string of the molecule is COC[C@H]1C[C@@H](C2=NC3=C(C2)c2cc4c(cc2CC3)-c2ccc(C3=CN=C([C@@H]5CC[C@H](C)N5C(=O)[C@@H](NC(=O)OC)C(C)C)C3)cc2CO4)N(C(=O)OC(C)(C)C)C1. The highest BCUT2D eigenvalue weighted by atomic mass is 16.6. The van der Waals surface area contributed by atoms with Crippen LogP contribution in [0.4, 0.5) is 9.59 Å². The van der Waals surface area contributed by atoms with Crippen LogP contribution in [-0.2, 0) is 32.0 Å². The molecule has 12 heteroatoms. The third-order valence-corrected chi connectivity index (χ3v) is 12.6. The molecule has 0 bridgehead atoms. The highest BCUT2D eigenvalue weighted by Gasteiger charge is 2.44. The number of carbonyl (C=O) groups is 3. The van der Waals surface area contributed by atoms with Gasteiger partial charge in [0.15, 0.2) is 0 Å². The van der Waals surface area contributed by atoms with Crippen LogP contribution in [-0.4, -0.2) is 96.5 Å². The fraction of sp³-hybridized carbons (Fsp3) is 0.543. The molecule has 1 N–H and O–H groups in total. The number of methoxy groups -OCH3 is 2. The van der Waals surface area contributed by atoms with Crippen LogP contribution < -0.4 is 10.1 Å². The number of aliphatic imine (C=N–C) groups is 2. The Morgan fingerprint density at radius 3 is 2.52 bits per heavy atom. The number of alkyl carbamates (subject to hydrolysis) is 1. The average molecular weight is 792 g/mol. The fourth-order valence-corrected chi connectivity index (χ4v) is 9.73. The topological polar surface area (TPSA) is 131 Å². The number of rotatable bonds is 8. The lowest BCUT2D eigenvalue weighted by molar-refractivity contribution is -0.135. The van der Waals surface area contributed by atoms with Crippen molar-refractivity contribution in [1.82, 2.24) is 15.1 Å². The first-order chi connectivity index (χ1) is 27.7. The van der Waals surface area contributed by atoms with E-state index in [9.17, 15) is 14.4 Å². The van der Waals surface area contributed by atoms with Crippen molar-refractivity contribution in [3.05, 3.63) is 64.5 Å². The Balaban J connectivity index is 0.967. The molecule has 8 rings (SSSR count). The van der Waals surface area contributed by atoms with E-state index in [2.05, 4.69) is 42.6 Å². The molecule has 0 saturated carbocycles. The van der Waals surface area contributed by atoms with Crippen molar-refractivity contribution in [2.75, 3.05) is 27.4 Å². The molecule has 0 radical (unpaired) electrons. The molecule has 0 unspecified atom stereocenters. The zero-order chi connectivity index (χ0) is 41.0. The molecule has 6 aliphatic rings. The van der Waals surface area contributed by atoms with E-state index in [1.165, 1.54) is 29.4 Å². The molecule has 308 valence electrons. The van der Waals surface area contributed by atoms with Crippen LogP contribution in [0.25, 0.3) is 22.3 Å². The Morgan fingerprint density at radius 2 is 1.78 bits per heavy atom.